The molecule has 0 aromatic heterocycles. The Kier molecular flexibility index (Phi) is 11.4. The van der Waals surface area contributed by atoms with Crippen molar-refractivity contribution in [2.45, 2.75) is 27.7 Å². The Bertz CT molecular complexity index is 238. The van der Waals surface area contributed by atoms with Gasteiger partial charge in [0, 0.05) is 37.8 Å². The van der Waals surface area contributed by atoms with Gasteiger partial charge in [-0.2, -0.15) is 0 Å². The molecule has 0 aliphatic heterocycles. The van der Waals surface area contributed by atoms with E-state index in [0.717, 1.165) is 27.7 Å². The van der Waals surface area contributed by atoms with Gasteiger partial charge in [0.15, 0.2) is 0 Å². The zero-order chi connectivity index (χ0) is 14.6. The lowest BCUT2D eigenvalue weighted by Gasteiger charge is -1.94. The van der Waals surface area contributed by atoms with Crippen LogP contribution in [0, 0.1) is 0 Å². The highest BCUT2D eigenvalue weighted by atomic mass is 17.5. The van der Waals surface area contributed by atoms with Crippen LogP contribution in [-0.2, 0) is 48.8 Å². The van der Waals surface area contributed by atoms with E-state index >= 15 is 0 Å². The predicted molar refractivity (Wildman–Crippen MR) is 49.2 cm³/mol. The van der Waals surface area contributed by atoms with Gasteiger partial charge in [-0.05, 0) is 0 Å². The van der Waals surface area contributed by atoms with Gasteiger partial charge in [0.2, 0.25) is 0 Å². The number of hydrogen-bond acceptors (Lipinski definition) is 10. The maximum Gasteiger partial charge on any atom is 0.343 e. The van der Waals surface area contributed by atoms with Crippen LogP contribution < -0.4 is 0 Å². The standard InChI is InChI=1S/2C4H6O5/c2*1-3(5)7-9-8-4(2)6/h2*1-2H3. The van der Waals surface area contributed by atoms with Gasteiger partial charge in [-0.25, -0.2) is 19.2 Å². The van der Waals surface area contributed by atoms with E-state index in [9.17, 15) is 19.2 Å². The fraction of sp³-hybridized carbons (Fsp3) is 0.500. The smallest absolute Gasteiger partial charge is 0.260 e. The van der Waals surface area contributed by atoms with Gasteiger partial charge < -0.3 is 0 Å². The molecule has 0 aliphatic carbocycles. The normalized spacial score (nSPS) is 8.22. The van der Waals surface area contributed by atoms with Crippen molar-refractivity contribution in [1.82, 2.24) is 0 Å². The van der Waals surface area contributed by atoms with Crippen molar-refractivity contribution in [3.8, 4) is 0 Å². The lowest BCUT2D eigenvalue weighted by Crippen LogP contribution is -2.04. The molecule has 0 bridgehead atoms. The Labute approximate surface area is 101 Å². The van der Waals surface area contributed by atoms with Crippen LogP contribution >= 0.6 is 0 Å². The first-order chi connectivity index (χ1) is 8.25. The van der Waals surface area contributed by atoms with Gasteiger partial charge in [0.25, 0.3) is 0 Å². The first kappa shape index (κ1) is 18.2. The highest BCUT2D eigenvalue weighted by Gasteiger charge is 1.97. The van der Waals surface area contributed by atoms with Crippen LogP contribution in [0.1, 0.15) is 27.7 Å². The molecule has 0 saturated heterocycles. The molecule has 0 unspecified atom stereocenters. The molecule has 0 heterocycles. The molecule has 0 aliphatic rings. The third kappa shape index (κ3) is 23.5. The molecule has 0 N–H and O–H groups in total. The topological polar surface area (TPSA) is 124 Å². The third-order valence-corrected chi connectivity index (χ3v) is 0.605. The highest BCUT2D eigenvalue weighted by Crippen LogP contribution is 1.82. The molecule has 0 fully saturated rings. The number of rotatable bonds is 4. The Morgan fingerprint density at radius 2 is 0.667 bits per heavy atom. The van der Waals surface area contributed by atoms with Gasteiger partial charge in [0.1, 0.15) is 0 Å². The van der Waals surface area contributed by atoms with Crippen LogP contribution in [0.5, 0.6) is 0 Å². The largest absolute Gasteiger partial charge is 0.343 e. The summed E-state index contributed by atoms with van der Waals surface area (Å²) < 4.78 is 0. The molecule has 104 valence electrons. The van der Waals surface area contributed by atoms with E-state index in [4.69, 9.17) is 0 Å². The van der Waals surface area contributed by atoms with Gasteiger partial charge in [-0.15, -0.1) is 0 Å². The molecule has 10 heteroatoms. The molecule has 0 amide bonds. The summed E-state index contributed by atoms with van der Waals surface area (Å²) in [5, 5.41) is 7.31. The summed E-state index contributed by atoms with van der Waals surface area (Å²) in [5.41, 5.74) is 0. The summed E-state index contributed by atoms with van der Waals surface area (Å²) in [6, 6.07) is 0. The van der Waals surface area contributed by atoms with Crippen LogP contribution in [-0.4, -0.2) is 23.9 Å². The van der Waals surface area contributed by atoms with Crippen LogP contribution in [0.4, 0.5) is 0 Å². The van der Waals surface area contributed by atoms with E-state index in [1.807, 2.05) is 0 Å². The molecular weight excluding hydrogens is 256 g/mol. The molecular formula is C8H12O10. The van der Waals surface area contributed by atoms with E-state index in [1.165, 1.54) is 0 Å². The molecule has 0 aromatic rings. The summed E-state index contributed by atoms with van der Waals surface area (Å²) in [4.78, 5) is 54.6. The minimum Gasteiger partial charge on any atom is -0.260 e. The van der Waals surface area contributed by atoms with E-state index in [1.54, 1.807) is 0 Å². The van der Waals surface area contributed by atoms with Crippen molar-refractivity contribution in [2.75, 3.05) is 0 Å². The van der Waals surface area contributed by atoms with Crippen LogP contribution in [0.15, 0.2) is 0 Å². The minimum absolute atomic E-state index is 0.684. The molecule has 0 rings (SSSR count). The summed E-state index contributed by atoms with van der Waals surface area (Å²) in [5.74, 6) is -2.74. The van der Waals surface area contributed by atoms with E-state index < -0.39 is 23.9 Å². The molecule has 0 aromatic carbocycles. The Morgan fingerprint density at radius 3 is 0.778 bits per heavy atom. The first-order valence-corrected chi connectivity index (χ1v) is 4.30. The van der Waals surface area contributed by atoms with Gasteiger partial charge in [-0.3, -0.25) is 19.6 Å². The van der Waals surface area contributed by atoms with E-state index in [-0.39, 0.29) is 0 Å². The Balaban J connectivity index is 0. The summed E-state index contributed by atoms with van der Waals surface area (Å²) in [6.07, 6.45) is 0. The van der Waals surface area contributed by atoms with Crippen molar-refractivity contribution in [2.24, 2.45) is 0 Å². The number of carbonyl (C=O) groups is 4. The van der Waals surface area contributed by atoms with Crippen LogP contribution in [0.2, 0.25) is 0 Å². The Hall–Kier alpha value is -2.20. The highest BCUT2D eigenvalue weighted by molar-refractivity contribution is 5.66. The molecule has 0 radical (unpaired) electrons. The lowest BCUT2D eigenvalue weighted by atomic mass is 10.8. The first-order valence-electron chi connectivity index (χ1n) is 4.30. The number of hydrogen-bond donors (Lipinski definition) is 0. The average Bonchev–Trinajstić information content (AvgIpc) is 2.15. The molecule has 0 atom stereocenters. The second-order valence-corrected chi connectivity index (χ2v) is 2.44. The summed E-state index contributed by atoms with van der Waals surface area (Å²) >= 11 is 0. The van der Waals surface area contributed by atoms with Crippen molar-refractivity contribution in [3.05, 3.63) is 0 Å². The molecule has 0 spiro atoms. The van der Waals surface area contributed by atoms with E-state index in [0.29, 0.717) is 0 Å². The lowest BCUT2D eigenvalue weighted by molar-refractivity contribution is -0.458. The fourth-order valence-electron chi connectivity index (χ4n) is 0.226. The zero-order valence-electron chi connectivity index (χ0n) is 10.1. The van der Waals surface area contributed by atoms with Gasteiger partial charge in [0.05, 0.1) is 0 Å². The fourth-order valence-corrected chi connectivity index (χ4v) is 0.226. The molecule has 0 saturated carbocycles. The van der Waals surface area contributed by atoms with Crippen LogP contribution in [0.25, 0.3) is 0 Å². The maximum atomic E-state index is 9.89. The zero-order valence-corrected chi connectivity index (χ0v) is 10.1. The summed E-state index contributed by atoms with van der Waals surface area (Å²) in [6.45, 7) is 4.46. The van der Waals surface area contributed by atoms with Crippen LogP contribution in [0.3, 0.4) is 0 Å². The van der Waals surface area contributed by atoms with Crippen molar-refractivity contribution in [1.29, 1.82) is 0 Å². The minimum atomic E-state index is -0.684. The monoisotopic (exact) mass is 268 g/mol. The average molecular weight is 268 g/mol. The third-order valence-electron chi connectivity index (χ3n) is 0.605. The van der Waals surface area contributed by atoms with Crippen molar-refractivity contribution in [3.63, 3.8) is 0 Å². The number of carbonyl (C=O) groups excluding carboxylic acids is 4. The quantitative estimate of drug-likeness (QED) is 0.504. The second-order valence-electron chi connectivity index (χ2n) is 2.44. The molecule has 10 nitrogen and oxygen atoms in total. The molecule has 18 heavy (non-hydrogen) atoms. The van der Waals surface area contributed by atoms with Crippen molar-refractivity contribution >= 4 is 23.9 Å². The maximum absolute atomic E-state index is 9.89. The Morgan fingerprint density at radius 1 is 0.500 bits per heavy atom. The van der Waals surface area contributed by atoms with Crippen molar-refractivity contribution < 1.29 is 48.8 Å². The second kappa shape index (κ2) is 11.3. The SMILES string of the molecule is CC(=O)OOOC(C)=O.CC(=O)OOOC(C)=O. The van der Waals surface area contributed by atoms with Gasteiger partial charge in [-0.1, -0.05) is 0 Å². The van der Waals surface area contributed by atoms with E-state index in [2.05, 4.69) is 29.6 Å². The predicted octanol–water partition coefficient (Wildman–Crippen LogP) is -0.0816. The van der Waals surface area contributed by atoms with Gasteiger partial charge >= 0.3 is 23.9 Å². The summed E-state index contributed by atoms with van der Waals surface area (Å²) in [7, 11) is 0.